The summed E-state index contributed by atoms with van der Waals surface area (Å²) in [6, 6.07) is 0. The molecule has 0 radical (unpaired) electrons. The fourth-order valence-corrected chi connectivity index (χ4v) is 1.20. The van der Waals surface area contributed by atoms with Crippen molar-refractivity contribution < 1.29 is 14.6 Å². The molecule has 2 unspecified atom stereocenters. The largest absolute Gasteiger partial charge is 0.481 e. The maximum absolute atomic E-state index is 9.60. The number of aliphatic carboxylic acids is 1. The van der Waals surface area contributed by atoms with Crippen LogP contribution in [-0.2, 0) is 9.53 Å². The quantitative estimate of drug-likeness (QED) is 0.709. The lowest BCUT2D eigenvalue weighted by atomic mass is 10.3. The van der Waals surface area contributed by atoms with Gasteiger partial charge >= 0.3 is 5.97 Å². The molecule has 4 nitrogen and oxygen atoms in total. The molecule has 4 heteroatoms. The number of hydrogen-bond acceptors (Lipinski definition) is 3. The van der Waals surface area contributed by atoms with E-state index in [9.17, 15) is 4.79 Å². The van der Waals surface area contributed by atoms with E-state index in [2.05, 4.69) is 19.2 Å². The van der Waals surface area contributed by atoms with Crippen LogP contribution < -0.4 is 5.32 Å². The van der Waals surface area contributed by atoms with E-state index >= 15 is 0 Å². The van der Waals surface area contributed by atoms with E-state index in [-0.39, 0.29) is 0 Å². The zero-order valence-electron chi connectivity index (χ0n) is 9.25. The van der Waals surface area contributed by atoms with Gasteiger partial charge in [-0.05, 0) is 20.3 Å². The molecule has 2 N–H and O–H groups in total. The molecule has 2 atom stereocenters. The smallest absolute Gasteiger partial charge is 0.303 e. The third-order valence-electron chi connectivity index (χ3n) is 1.79. The number of nitrogens with one attached hydrogen (secondary N) is 1. The molecule has 0 spiro atoms. The summed E-state index contributed by atoms with van der Waals surface area (Å²) < 4.78 is 5.42. The molecule has 1 aliphatic heterocycles. The second kappa shape index (κ2) is 7.76. The predicted octanol–water partition coefficient (Wildman–Crippen LogP) is 1.25. The highest BCUT2D eigenvalue weighted by Gasteiger charge is 2.12. The molecule has 0 saturated carbocycles. The Morgan fingerprint density at radius 1 is 1.43 bits per heavy atom. The monoisotopic (exact) mass is 203 g/mol. The van der Waals surface area contributed by atoms with Gasteiger partial charge in [-0.25, -0.2) is 0 Å². The summed E-state index contributed by atoms with van der Waals surface area (Å²) in [5, 5.41) is 11.2. The van der Waals surface area contributed by atoms with Crippen LogP contribution in [0.15, 0.2) is 0 Å². The number of hydrogen-bond donors (Lipinski definition) is 2. The van der Waals surface area contributed by atoms with Gasteiger partial charge in [-0.3, -0.25) is 4.79 Å². The second-order valence-electron chi connectivity index (χ2n) is 3.56. The Hall–Kier alpha value is -0.610. The standard InChI is InChI=1S/C6H13NO.C4H8O2/c1-5-3-7-4-6(2)8-5;1-2-3-4(5)6/h5-7H,3-4H2,1-2H3;2-3H2,1H3,(H,5,6). The summed E-state index contributed by atoms with van der Waals surface area (Å²) >= 11 is 0. The molecular formula is C10H21NO3. The molecule has 0 aromatic heterocycles. The molecule has 0 aromatic rings. The lowest BCUT2D eigenvalue weighted by molar-refractivity contribution is -0.137. The van der Waals surface area contributed by atoms with E-state index in [1.165, 1.54) is 0 Å². The average Bonchev–Trinajstić information content (AvgIpc) is 2.03. The molecule has 0 aliphatic carbocycles. The highest BCUT2D eigenvalue weighted by Crippen LogP contribution is 2.00. The summed E-state index contributed by atoms with van der Waals surface area (Å²) in [5.74, 6) is -0.711. The fourth-order valence-electron chi connectivity index (χ4n) is 1.20. The Morgan fingerprint density at radius 2 is 1.93 bits per heavy atom. The Labute approximate surface area is 85.6 Å². The van der Waals surface area contributed by atoms with Crippen LogP contribution in [-0.4, -0.2) is 36.4 Å². The molecule has 1 fully saturated rings. The van der Waals surface area contributed by atoms with Crippen LogP contribution in [0.25, 0.3) is 0 Å². The SMILES string of the molecule is CC1CNCC(C)O1.CCCC(=O)O. The van der Waals surface area contributed by atoms with Gasteiger partial charge in [0.05, 0.1) is 12.2 Å². The second-order valence-corrected chi connectivity index (χ2v) is 3.56. The van der Waals surface area contributed by atoms with Crippen LogP contribution in [0.4, 0.5) is 0 Å². The minimum atomic E-state index is -0.711. The van der Waals surface area contributed by atoms with E-state index < -0.39 is 5.97 Å². The minimum Gasteiger partial charge on any atom is -0.481 e. The summed E-state index contributed by atoms with van der Waals surface area (Å²) in [4.78, 5) is 9.60. The summed E-state index contributed by atoms with van der Waals surface area (Å²) in [5.41, 5.74) is 0. The highest BCUT2D eigenvalue weighted by atomic mass is 16.5. The van der Waals surface area contributed by atoms with E-state index in [0.717, 1.165) is 19.5 Å². The Bertz CT molecular complexity index is 153. The molecule has 0 amide bonds. The minimum absolute atomic E-state index is 0.292. The molecule has 1 rings (SSSR count). The fraction of sp³-hybridized carbons (Fsp3) is 0.900. The van der Waals surface area contributed by atoms with Crippen LogP contribution in [0.1, 0.15) is 33.6 Å². The zero-order valence-corrected chi connectivity index (χ0v) is 9.25. The third-order valence-corrected chi connectivity index (χ3v) is 1.79. The first-order valence-corrected chi connectivity index (χ1v) is 5.14. The molecule has 0 aromatic carbocycles. The van der Waals surface area contributed by atoms with Gasteiger partial charge in [0, 0.05) is 19.5 Å². The maximum atomic E-state index is 9.60. The van der Waals surface area contributed by atoms with Gasteiger partial charge in [0.15, 0.2) is 0 Å². The van der Waals surface area contributed by atoms with Crippen molar-refractivity contribution in [1.29, 1.82) is 0 Å². The van der Waals surface area contributed by atoms with Crippen molar-refractivity contribution in [3.63, 3.8) is 0 Å². The van der Waals surface area contributed by atoms with E-state index in [4.69, 9.17) is 9.84 Å². The van der Waals surface area contributed by atoms with Crippen molar-refractivity contribution in [3.05, 3.63) is 0 Å². The van der Waals surface area contributed by atoms with Crippen molar-refractivity contribution in [2.75, 3.05) is 13.1 Å². The maximum Gasteiger partial charge on any atom is 0.303 e. The Balaban J connectivity index is 0.000000255. The van der Waals surface area contributed by atoms with E-state index in [0.29, 0.717) is 18.6 Å². The topological polar surface area (TPSA) is 58.6 Å². The number of morpholine rings is 1. The van der Waals surface area contributed by atoms with Crippen LogP contribution in [0, 0.1) is 0 Å². The van der Waals surface area contributed by atoms with Crippen molar-refractivity contribution in [2.24, 2.45) is 0 Å². The number of carboxylic acids is 1. The van der Waals surface area contributed by atoms with Gasteiger partial charge < -0.3 is 15.2 Å². The predicted molar refractivity (Wildman–Crippen MR) is 55.4 cm³/mol. The van der Waals surface area contributed by atoms with Crippen LogP contribution >= 0.6 is 0 Å². The first-order valence-electron chi connectivity index (χ1n) is 5.14. The molecule has 84 valence electrons. The van der Waals surface area contributed by atoms with Gasteiger partial charge in [-0.2, -0.15) is 0 Å². The van der Waals surface area contributed by atoms with E-state index in [1.807, 2.05) is 6.92 Å². The Kier molecular flexibility index (Phi) is 7.42. The molecule has 1 saturated heterocycles. The molecule has 1 heterocycles. The number of ether oxygens (including phenoxy) is 1. The van der Waals surface area contributed by atoms with Gasteiger partial charge in [0.25, 0.3) is 0 Å². The average molecular weight is 203 g/mol. The Morgan fingerprint density at radius 3 is 2.07 bits per heavy atom. The van der Waals surface area contributed by atoms with Crippen molar-refractivity contribution in [3.8, 4) is 0 Å². The molecular weight excluding hydrogens is 182 g/mol. The number of carboxylic acid groups (broad SMARTS) is 1. The summed E-state index contributed by atoms with van der Waals surface area (Å²) in [7, 11) is 0. The zero-order chi connectivity index (χ0) is 11.0. The first-order chi connectivity index (χ1) is 6.56. The van der Waals surface area contributed by atoms with Crippen molar-refractivity contribution >= 4 is 5.97 Å². The molecule has 14 heavy (non-hydrogen) atoms. The lowest BCUT2D eigenvalue weighted by Gasteiger charge is -2.25. The van der Waals surface area contributed by atoms with Crippen LogP contribution in [0.3, 0.4) is 0 Å². The van der Waals surface area contributed by atoms with Gasteiger partial charge in [-0.15, -0.1) is 0 Å². The highest BCUT2D eigenvalue weighted by molar-refractivity contribution is 5.66. The van der Waals surface area contributed by atoms with Gasteiger partial charge in [0.1, 0.15) is 0 Å². The molecule has 1 aliphatic rings. The number of rotatable bonds is 2. The lowest BCUT2D eigenvalue weighted by Crippen LogP contribution is -2.41. The van der Waals surface area contributed by atoms with Gasteiger partial charge in [-0.1, -0.05) is 6.92 Å². The number of carbonyl (C=O) groups is 1. The van der Waals surface area contributed by atoms with Crippen LogP contribution in [0.5, 0.6) is 0 Å². The van der Waals surface area contributed by atoms with E-state index in [1.54, 1.807) is 0 Å². The van der Waals surface area contributed by atoms with Crippen molar-refractivity contribution in [2.45, 2.75) is 45.8 Å². The molecule has 0 bridgehead atoms. The summed E-state index contributed by atoms with van der Waals surface area (Å²) in [6.45, 7) is 8.02. The van der Waals surface area contributed by atoms with Crippen molar-refractivity contribution in [1.82, 2.24) is 5.32 Å². The normalized spacial score (nSPS) is 26.2. The van der Waals surface area contributed by atoms with Gasteiger partial charge in [0.2, 0.25) is 0 Å². The van der Waals surface area contributed by atoms with Crippen LogP contribution in [0.2, 0.25) is 0 Å². The first kappa shape index (κ1) is 13.4. The summed E-state index contributed by atoms with van der Waals surface area (Å²) in [6.07, 6.45) is 1.83. The third kappa shape index (κ3) is 8.01.